The molecular formula is C14H15ClN6OS. The van der Waals surface area contributed by atoms with Gasteiger partial charge in [-0.1, -0.05) is 17.7 Å². The minimum atomic E-state index is -1.42. The fourth-order valence-corrected chi connectivity index (χ4v) is 2.75. The van der Waals surface area contributed by atoms with Crippen molar-refractivity contribution in [2.45, 2.75) is 18.1 Å². The summed E-state index contributed by atoms with van der Waals surface area (Å²) in [6, 6.07) is 5.39. The maximum atomic E-state index is 11.7. The van der Waals surface area contributed by atoms with E-state index in [0.29, 0.717) is 11.6 Å². The van der Waals surface area contributed by atoms with Crippen LogP contribution in [0, 0.1) is 11.3 Å². The molecule has 0 fully saturated rings. The number of nitrogens with two attached hydrogens (primary N) is 1. The van der Waals surface area contributed by atoms with Crippen molar-refractivity contribution in [2.75, 3.05) is 23.9 Å². The van der Waals surface area contributed by atoms with Crippen LogP contribution in [0.25, 0.3) is 0 Å². The summed E-state index contributed by atoms with van der Waals surface area (Å²) in [4.78, 5) is 13.9. The van der Waals surface area contributed by atoms with Gasteiger partial charge in [-0.15, -0.1) is 0 Å². The van der Waals surface area contributed by atoms with Gasteiger partial charge in [0.2, 0.25) is 5.16 Å². The Kier molecular flexibility index (Phi) is 5.13. The number of hydrogen-bond donors (Lipinski definition) is 1. The second-order valence-electron chi connectivity index (χ2n) is 4.83. The normalized spacial score (nSPS) is 13.2. The minimum absolute atomic E-state index is 0.0269. The zero-order chi connectivity index (χ0) is 17.1. The van der Waals surface area contributed by atoms with Crippen molar-refractivity contribution in [2.24, 2.45) is 0 Å². The largest absolute Gasteiger partial charge is 0.383 e. The molecular weight excluding hydrogens is 336 g/mol. The molecule has 0 amide bonds. The Hall–Kier alpha value is -2.24. The van der Waals surface area contributed by atoms with Crippen molar-refractivity contribution in [3.05, 3.63) is 34.6 Å². The molecule has 0 bridgehead atoms. The molecule has 0 aromatic carbocycles. The van der Waals surface area contributed by atoms with Crippen LogP contribution in [-0.4, -0.2) is 32.5 Å². The molecule has 2 heterocycles. The molecule has 0 aliphatic heterocycles. The first kappa shape index (κ1) is 17.1. The Labute approximate surface area is 141 Å². The maximum Gasteiger partial charge on any atom is 0.221 e. The summed E-state index contributed by atoms with van der Waals surface area (Å²) in [6.07, 6.45) is 3.05. The van der Waals surface area contributed by atoms with E-state index < -0.39 is 10.8 Å². The van der Waals surface area contributed by atoms with Crippen molar-refractivity contribution in [3.63, 3.8) is 0 Å². The fraction of sp³-hybridized carbons (Fsp3) is 0.286. The quantitative estimate of drug-likeness (QED) is 0.662. The van der Waals surface area contributed by atoms with Gasteiger partial charge in [0.1, 0.15) is 17.5 Å². The van der Waals surface area contributed by atoms with E-state index in [1.165, 1.54) is 6.26 Å². The number of rotatable bonds is 4. The molecule has 0 saturated carbocycles. The zero-order valence-electron chi connectivity index (χ0n) is 12.8. The number of anilines is 2. The summed E-state index contributed by atoms with van der Waals surface area (Å²) in [7, 11) is 0.331. The SMILES string of the molecule is CC(c1cccnc1N)N(C)c1nc(S(C)=O)nc(Cl)c1C#N. The molecule has 0 saturated heterocycles. The smallest absolute Gasteiger partial charge is 0.221 e. The first-order valence-corrected chi connectivity index (χ1v) is 8.54. The first-order chi connectivity index (χ1) is 10.9. The summed E-state index contributed by atoms with van der Waals surface area (Å²) in [5.74, 6) is 0.693. The number of pyridine rings is 1. The van der Waals surface area contributed by atoms with Gasteiger partial charge >= 0.3 is 0 Å². The van der Waals surface area contributed by atoms with E-state index >= 15 is 0 Å². The Morgan fingerprint density at radius 3 is 2.74 bits per heavy atom. The summed E-state index contributed by atoms with van der Waals surface area (Å²) in [6.45, 7) is 1.90. The molecule has 0 spiro atoms. The van der Waals surface area contributed by atoms with Crippen molar-refractivity contribution in [1.29, 1.82) is 5.26 Å². The van der Waals surface area contributed by atoms with Gasteiger partial charge in [-0.3, -0.25) is 4.21 Å². The molecule has 2 aromatic rings. The molecule has 2 N–H and O–H groups in total. The number of aromatic nitrogens is 3. The summed E-state index contributed by atoms with van der Waals surface area (Å²) >= 11 is 6.03. The van der Waals surface area contributed by atoms with Gasteiger partial charge in [0, 0.05) is 25.1 Å². The van der Waals surface area contributed by atoms with E-state index in [9.17, 15) is 9.47 Å². The number of halogens is 1. The van der Waals surface area contributed by atoms with E-state index in [2.05, 4.69) is 15.0 Å². The monoisotopic (exact) mass is 350 g/mol. The van der Waals surface area contributed by atoms with Crippen LogP contribution in [0.2, 0.25) is 5.15 Å². The van der Waals surface area contributed by atoms with Crippen LogP contribution in [0.15, 0.2) is 23.5 Å². The van der Waals surface area contributed by atoms with Crippen LogP contribution in [0.1, 0.15) is 24.1 Å². The highest BCUT2D eigenvalue weighted by Crippen LogP contribution is 2.31. The average molecular weight is 351 g/mol. The third-order valence-electron chi connectivity index (χ3n) is 3.43. The Bertz CT molecular complexity index is 806. The van der Waals surface area contributed by atoms with E-state index in [1.54, 1.807) is 24.2 Å². The summed E-state index contributed by atoms with van der Waals surface area (Å²) in [5, 5.41) is 9.38. The van der Waals surface area contributed by atoms with Crippen molar-refractivity contribution in [3.8, 4) is 6.07 Å². The lowest BCUT2D eigenvalue weighted by atomic mass is 10.1. The molecule has 23 heavy (non-hydrogen) atoms. The average Bonchev–Trinajstić information content (AvgIpc) is 2.53. The van der Waals surface area contributed by atoms with Gasteiger partial charge in [-0.2, -0.15) is 5.26 Å². The van der Waals surface area contributed by atoms with Crippen molar-refractivity contribution >= 4 is 34.0 Å². The second kappa shape index (κ2) is 6.89. The van der Waals surface area contributed by atoms with E-state index in [1.807, 2.05) is 19.1 Å². The standard InChI is InChI=1S/C14H15ClN6OS/c1-8(9-5-4-6-18-12(9)17)21(2)13-10(7-16)11(15)19-14(20-13)23(3)22/h4-6,8H,1-3H3,(H2,17,18). The number of nitrogens with zero attached hydrogens (tertiary/aromatic N) is 5. The van der Waals surface area contributed by atoms with Crippen LogP contribution in [-0.2, 0) is 10.8 Å². The lowest BCUT2D eigenvalue weighted by Crippen LogP contribution is -2.25. The summed E-state index contributed by atoms with van der Waals surface area (Å²) < 4.78 is 11.7. The predicted molar refractivity (Wildman–Crippen MR) is 89.6 cm³/mol. The molecule has 0 aliphatic rings. The van der Waals surface area contributed by atoms with Crippen molar-refractivity contribution in [1.82, 2.24) is 15.0 Å². The van der Waals surface area contributed by atoms with Gasteiger partial charge in [-0.25, -0.2) is 15.0 Å². The second-order valence-corrected chi connectivity index (χ2v) is 6.46. The summed E-state index contributed by atoms with van der Waals surface area (Å²) in [5.41, 5.74) is 6.81. The molecule has 0 aliphatic carbocycles. The lowest BCUT2D eigenvalue weighted by molar-refractivity contribution is 0.675. The molecule has 2 unspecified atom stereocenters. The molecule has 2 atom stereocenters. The maximum absolute atomic E-state index is 11.7. The third kappa shape index (κ3) is 3.41. The number of nitrogen functional groups attached to an aromatic ring is 1. The Morgan fingerprint density at radius 2 is 2.17 bits per heavy atom. The highest BCUT2D eigenvalue weighted by atomic mass is 35.5. The van der Waals surface area contributed by atoms with Crippen LogP contribution in [0.3, 0.4) is 0 Å². The first-order valence-electron chi connectivity index (χ1n) is 6.61. The Balaban J connectivity index is 2.54. The minimum Gasteiger partial charge on any atom is -0.383 e. The predicted octanol–water partition coefficient (Wildman–Crippen LogP) is 1.91. The van der Waals surface area contributed by atoms with E-state index in [0.717, 1.165) is 5.56 Å². The fourth-order valence-electron chi connectivity index (χ4n) is 2.06. The van der Waals surface area contributed by atoms with Crippen molar-refractivity contribution < 1.29 is 4.21 Å². The van der Waals surface area contributed by atoms with Gasteiger partial charge in [0.15, 0.2) is 11.0 Å². The van der Waals surface area contributed by atoms with Gasteiger partial charge in [0.05, 0.1) is 16.8 Å². The molecule has 2 aromatic heterocycles. The highest BCUT2D eigenvalue weighted by molar-refractivity contribution is 7.84. The van der Waals surface area contributed by atoms with Gasteiger partial charge in [-0.05, 0) is 13.0 Å². The molecule has 7 nitrogen and oxygen atoms in total. The highest BCUT2D eigenvalue weighted by Gasteiger charge is 2.23. The molecule has 2 rings (SSSR count). The van der Waals surface area contributed by atoms with Crippen LogP contribution in [0.5, 0.6) is 0 Å². The Morgan fingerprint density at radius 1 is 1.48 bits per heavy atom. The molecule has 9 heteroatoms. The van der Waals surface area contributed by atoms with E-state index in [-0.39, 0.29) is 21.9 Å². The zero-order valence-corrected chi connectivity index (χ0v) is 14.4. The van der Waals surface area contributed by atoms with Gasteiger partial charge in [0.25, 0.3) is 0 Å². The number of nitriles is 1. The van der Waals surface area contributed by atoms with Gasteiger partial charge < -0.3 is 10.6 Å². The van der Waals surface area contributed by atoms with Crippen LogP contribution >= 0.6 is 11.6 Å². The molecule has 0 radical (unpaired) electrons. The van der Waals surface area contributed by atoms with Crippen LogP contribution < -0.4 is 10.6 Å². The van der Waals surface area contributed by atoms with Crippen LogP contribution in [0.4, 0.5) is 11.6 Å². The topological polar surface area (TPSA) is 109 Å². The third-order valence-corrected chi connectivity index (χ3v) is 4.40. The molecule has 120 valence electrons. The lowest BCUT2D eigenvalue weighted by Gasteiger charge is -2.27. The number of hydrogen-bond acceptors (Lipinski definition) is 7. The van der Waals surface area contributed by atoms with E-state index in [4.69, 9.17) is 17.3 Å².